The van der Waals surface area contributed by atoms with Gasteiger partial charge in [0, 0.05) is 7.05 Å². The third-order valence-electron chi connectivity index (χ3n) is 2.75. The molecule has 0 spiro atoms. The number of carboxylic acids is 1. The second-order valence-electron chi connectivity index (χ2n) is 3.96. The number of amides is 2. The van der Waals surface area contributed by atoms with E-state index in [0.717, 1.165) is 0 Å². The molecular weight excluding hydrogens is 200 g/mol. The molecule has 1 atom stereocenters. The standard InChI is InChI=1S/C9H16N2O4/c1-6(5-12)11(2)8(15)10-9(3-4-9)7(13)14/h6,12H,3-5H2,1-2H3,(H,10,15)(H,13,14). The summed E-state index contributed by atoms with van der Waals surface area (Å²) in [6.45, 7) is 1.53. The number of nitrogens with one attached hydrogen (secondary N) is 1. The van der Waals surface area contributed by atoms with Gasteiger partial charge in [-0.15, -0.1) is 0 Å². The minimum Gasteiger partial charge on any atom is -0.480 e. The molecule has 1 rings (SSSR count). The van der Waals surface area contributed by atoms with Crippen LogP contribution in [0, 0.1) is 0 Å². The summed E-state index contributed by atoms with van der Waals surface area (Å²) in [6.07, 6.45) is 0.935. The fourth-order valence-electron chi connectivity index (χ4n) is 1.13. The van der Waals surface area contributed by atoms with Gasteiger partial charge in [-0.3, -0.25) is 0 Å². The Hall–Kier alpha value is -1.30. The van der Waals surface area contributed by atoms with Crippen molar-refractivity contribution < 1.29 is 19.8 Å². The van der Waals surface area contributed by atoms with Crippen LogP contribution >= 0.6 is 0 Å². The van der Waals surface area contributed by atoms with Gasteiger partial charge in [-0.25, -0.2) is 9.59 Å². The lowest BCUT2D eigenvalue weighted by molar-refractivity contribution is -0.140. The summed E-state index contributed by atoms with van der Waals surface area (Å²) in [7, 11) is 1.52. The molecule has 0 aromatic carbocycles. The van der Waals surface area contributed by atoms with E-state index >= 15 is 0 Å². The van der Waals surface area contributed by atoms with E-state index in [1.807, 2.05) is 0 Å². The first kappa shape index (κ1) is 11.8. The molecule has 1 fully saturated rings. The smallest absolute Gasteiger partial charge is 0.329 e. The van der Waals surface area contributed by atoms with E-state index in [4.69, 9.17) is 10.2 Å². The molecule has 1 aliphatic carbocycles. The van der Waals surface area contributed by atoms with Gasteiger partial charge < -0.3 is 20.4 Å². The molecule has 3 N–H and O–H groups in total. The number of carbonyl (C=O) groups is 2. The molecule has 6 heteroatoms. The van der Waals surface area contributed by atoms with Crippen LogP contribution in [0.5, 0.6) is 0 Å². The van der Waals surface area contributed by atoms with Crippen LogP contribution in [0.4, 0.5) is 4.79 Å². The average Bonchev–Trinajstić information content (AvgIpc) is 2.96. The fraction of sp³-hybridized carbons (Fsp3) is 0.778. The predicted molar refractivity (Wildman–Crippen MR) is 52.4 cm³/mol. The topological polar surface area (TPSA) is 89.9 Å². The Morgan fingerprint density at radius 2 is 2.07 bits per heavy atom. The molecule has 0 aromatic heterocycles. The van der Waals surface area contributed by atoms with Crippen molar-refractivity contribution in [2.24, 2.45) is 0 Å². The molecular formula is C9H16N2O4. The van der Waals surface area contributed by atoms with Crippen LogP contribution in [0.15, 0.2) is 0 Å². The van der Waals surface area contributed by atoms with E-state index in [0.29, 0.717) is 12.8 Å². The minimum absolute atomic E-state index is 0.149. The Morgan fingerprint density at radius 1 is 1.53 bits per heavy atom. The molecule has 86 valence electrons. The van der Waals surface area contributed by atoms with Crippen molar-refractivity contribution in [1.29, 1.82) is 0 Å². The van der Waals surface area contributed by atoms with Crippen LogP contribution in [-0.2, 0) is 4.79 Å². The maximum Gasteiger partial charge on any atom is 0.329 e. The molecule has 2 amide bonds. The average molecular weight is 216 g/mol. The first-order valence-electron chi connectivity index (χ1n) is 4.82. The molecule has 0 aromatic rings. The third kappa shape index (κ3) is 2.38. The minimum atomic E-state index is -1.07. The molecule has 15 heavy (non-hydrogen) atoms. The number of aliphatic hydroxyl groups excluding tert-OH is 1. The zero-order valence-electron chi connectivity index (χ0n) is 8.86. The molecule has 1 aliphatic rings. The largest absolute Gasteiger partial charge is 0.480 e. The second kappa shape index (κ2) is 4.06. The van der Waals surface area contributed by atoms with Gasteiger partial charge in [0.15, 0.2) is 0 Å². The number of urea groups is 1. The second-order valence-corrected chi connectivity index (χ2v) is 3.96. The molecule has 0 aliphatic heterocycles. The van der Waals surface area contributed by atoms with E-state index in [9.17, 15) is 9.59 Å². The maximum absolute atomic E-state index is 11.5. The summed E-state index contributed by atoms with van der Waals surface area (Å²) in [5.41, 5.74) is -1.07. The van der Waals surface area contributed by atoms with Gasteiger partial charge in [0.25, 0.3) is 0 Å². The fourth-order valence-corrected chi connectivity index (χ4v) is 1.13. The maximum atomic E-state index is 11.5. The SMILES string of the molecule is CC(CO)N(C)C(=O)NC1(C(=O)O)CC1. The highest BCUT2D eigenvalue weighted by Gasteiger charge is 2.52. The molecule has 1 saturated carbocycles. The van der Waals surface area contributed by atoms with Crippen molar-refractivity contribution in [3.8, 4) is 0 Å². The van der Waals surface area contributed by atoms with Gasteiger partial charge in [0.05, 0.1) is 12.6 Å². The number of aliphatic carboxylic acids is 1. The summed E-state index contributed by atoms with van der Waals surface area (Å²) < 4.78 is 0. The highest BCUT2D eigenvalue weighted by molar-refractivity contribution is 5.88. The zero-order chi connectivity index (χ0) is 11.6. The van der Waals surface area contributed by atoms with Crippen LogP contribution in [-0.4, -0.2) is 52.3 Å². The van der Waals surface area contributed by atoms with Gasteiger partial charge in [0.1, 0.15) is 5.54 Å². The number of nitrogens with zero attached hydrogens (tertiary/aromatic N) is 1. The lowest BCUT2D eigenvalue weighted by atomic mass is 10.3. The molecule has 0 radical (unpaired) electrons. The van der Waals surface area contributed by atoms with Gasteiger partial charge in [-0.1, -0.05) is 0 Å². The number of hydrogen-bond acceptors (Lipinski definition) is 3. The van der Waals surface area contributed by atoms with E-state index in [-0.39, 0.29) is 12.6 Å². The Kier molecular flexibility index (Phi) is 3.18. The van der Waals surface area contributed by atoms with E-state index in [2.05, 4.69) is 5.32 Å². The van der Waals surface area contributed by atoms with Crippen molar-refractivity contribution in [1.82, 2.24) is 10.2 Å². The zero-order valence-corrected chi connectivity index (χ0v) is 8.86. The Bertz CT molecular complexity index is 275. The van der Waals surface area contributed by atoms with Crippen LogP contribution < -0.4 is 5.32 Å². The van der Waals surface area contributed by atoms with Crippen molar-refractivity contribution >= 4 is 12.0 Å². The molecule has 1 unspecified atom stereocenters. The quantitative estimate of drug-likeness (QED) is 0.598. The van der Waals surface area contributed by atoms with E-state index in [1.54, 1.807) is 6.92 Å². The number of hydrogen-bond donors (Lipinski definition) is 3. The molecule has 0 heterocycles. The molecule has 6 nitrogen and oxygen atoms in total. The number of aliphatic hydroxyl groups is 1. The summed E-state index contributed by atoms with van der Waals surface area (Å²) in [5.74, 6) is -0.999. The third-order valence-corrected chi connectivity index (χ3v) is 2.75. The van der Waals surface area contributed by atoms with Crippen molar-refractivity contribution in [3.63, 3.8) is 0 Å². The summed E-state index contributed by atoms with van der Waals surface area (Å²) in [4.78, 5) is 23.6. The van der Waals surface area contributed by atoms with Crippen LogP contribution in [0.2, 0.25) is 0 Å². The highest BCUT2D eigenvalue weighted by Crippen LogP contribution is 2.35. The number of carboxylic acid groups (broad SMARTS) is 1. The number of likely N-dealkylation sites (N-methyl/N-ethyl adjacent to an activating group) is 1. The van der Waals surface area contributed by atoms with E-state index in [1.165, 1.54) is 11.9 Å². The summed E-state index contributed by atoms with van der Waals surface area (Å²) >= 11 is 0. The molecule has 0 bridgehead atoms. The summed E-state index contributed by atoms with van der Waals surface area (Å²) in [5, 5.41) is 20.1. The Morgan fingerprint density at radius 3 is 2.40 bits per heavy atom. The summed E-state index contributed by atoms with van der Waals surface area (Å²) in [6, 6.07) is -0.786. The normalized spacial score (nSPS) is 19.1. The van der Waals surface area contributed by atoms with Gasteiger partial charge in [-0.05, 0) is 19.8 Å². The number of carbonyl (C=O) groups excluding carboxylic acids is 1. The number of rotatable bonds is 4. The van der Waals surface area contributed by atoms with E-state index < -0.39 is 17.5 Å². The van der Waals surface area contributed by atoms with Crippen LogP contribution in [0.25, 0.3) is 0 Å². The van der Waals surface area contributed by atoms with Crippen molar-refractivity contribution in [2.75, 3.05) is 13.7 Å². The first-order valence-corrected chi connectivity index (χ1v) is 4.82. The van der Waals surface area contributed by atoms with Crippen LogP contribution in [0.1, 0.15) is 19.8 Å². The van der Waals surface area contributed by atoms with Crippen molar-refractivity contribution in [3.05, 3.63) is 0 Å². The van der Waals surface area contributed by atoms with Gasteiger partial charge >= 0.3 is 12.0 Å². The molecule has 0 saturated heterocycles. The van der Waals surface area contributed by atoms with Gasteiger partial charge in [0.2, 0.25) is 0 Å². The highest BCUT2D eigenvalue weighted by atomic mass is 16.4. The Balaban J connectivity index is 2.52. The monoisotopic (exact) mass is 216 g/mol. The lowest BCUT2D eigenvalue weighted by Gasteiger charge is -2.25. The Labute approximate surface area is 87.9 Å². The van der Waals surface area contributed by atoms with Crippen molar-refractivity contribution in [2.45, 2.75) is 31.3 Å². The first-order chi connectivity index (χ1) is 6.93. The predicted octanol–water partition coefficient (Wildman–Crippen LogP) is -0.374. The lowest BCUT2D eigenvalue weighted by Crippen LogP contribution is -2.51. The van der Waals surface area contributed by atoms with Crippen LogP contribution in [0.3, 0.4) is 0 Å². The van der Waals surface area contributed by atoms with Gasteiger partial charge in [-0.2, -0.15) is 0 Å².